The Morgan fingerprint density at radius 2 is 0.821 bits per heavy atom. The maximum Gasteiger partial charge on any atom is 0.0598 e. The zero-order chi connectivity index (χ0) is 27.0. The van der Waals surface area contributed by atoms with E-state index < -0.39 is 8.07 Å². The predicted octanol–water partition coefficient (Wildman–Crippen LogP) is 11.4. The summed E-state index contributed by atoms with van der Waals surface area (Å²) in [6.07, 6.45) is 31.2. The van der Waals surface area contributed by atoms with E-state index in [1.54, 1.807) is 115 Å². The number of hydrogen-bond acceptors (Lipinski definition) is 1. The summed E-state index contributed by atoms with van der Waals surface area (Å²) in [6.45, 7) is 10.7. The molecule has 7 unspecified atom stereocenters. The van der Waals surface area contributed by atoms with Crippen LogP contribution >= 0.6 is 0 Å². The minimum Gasteiger partial charge on any atom is -0.376 e. The van der Waals surface area contributed by atoms with Crippen molar-refractivity contribution in [1.82, 2.24) is 0 Å². The molecular formula is C37H66OSi. The van der Waals surface area contributed by atoms with Crippen molar-refractivity contribution in [2.45, 2.75) is 178 Å². The summed E-state index contributed by atoms with van der Waals surface area (Å²) in [5.74, 6) is 9.15. The topological polar surface area (TPSA) is 9.23 Å². The van der Waals surface area contributed by atoms with Gasteiger partial charge in [0.1, 0.15) is 0 Å². The average Bonchev–Trinajstić information content (AvgIpc) is 3.46. The van der Waals surface area contributed by atoms with Crippen LogP contribution in [0.2, 0.25) is 23.7 Å². The van der Waals surface area contributed by atoms with Crippen LogP contribution < -0.4 is 0 Å². The average molecular weight is 555 g/mol. The minimum absolute atomic E-state index is 0.0244. The van der Waals surface area contributed by atoms with Gasteiger partial charge in [0.05, 0.1) is 13.7 Å². The van der Waals surface area contributed by atoms with E-state index in [4.69, 9.17) is 4.74 Å². The number of unbranched alkanes of at least 4 members (excludes halogenated alkanes) is 3. The number of hydrogen-bond donors (Lipinski definition) is 0. The molecule has 0 N–H and O–H groups in total. The molecule has 0 aliphatic heterocycles. The van der Waals surface area contributed by atoms with E-state index in [0.717, 1.165) is 54.0 Å². The Labute approximate surface area is 244 Å². The van der Waals surface area contributed by atoms with E-state index in [1.807, 2.05) is 0 Å². The maximum absolute atomic E-state index is 6.08. The lowest BCUT2D eigenvalue weighted by molar-refractivity contribution is -0.00471. The standard InChI is InChI=1S/C37H66OSi/c1-37(2,3)38-25-15-5-6-16-26-39(4,35-31-21-11-7-17-27(31)28-18-8-12-22-32(28)35)36-33-23-13-9-19-29(33)30-20-10-14-24-34(30)36/h27-36H,5-26H2,1-4H3/t27?,28?,29?,30?,31-,32+,33?,34?,35?,36?,39-/m1/s1. The molecule has 0 spiro atoms. The van der Waals surface area contributed by atoms with Gasteiger partial charge in [-0.05, 0) is 111 Å². The summed E-state index contributed by atoms with van der Waals surface area (Å²) in [5.41, 5.74) is 2.42. The van der Waals surface area contributed by atoms with Gasteiger partial charge in [-0.2, -0.15) is 0 Å². The smallest absolute Gasteiger partial charge is 0.0598 e. The van der Waals surface area contributed by atoms with Crippen LogP contribution in [0.1, 0.15) is 149 Å². The summed E-state index contributed by atoms with van der Waals surface area (Å²) in [4.78, 5) is 0. The first-order valence-electron chi connectivity index (χ1n) is 18.5. The molecule has 6 aliphatic carbocycles. The van der Waals surface area contributed by atoms with Gasteiger partial charge in [-0.1, -0.05) is 109 Å². The zero-order valence-electron chi connectivity index (χ0n) is 26.7. The Morgan fingerprint density at radius 3 is 1.18 bits per heavy atom. The van der Waals surface area contributed by atoms with Crippen LogP contribution in [-0.2, 0) is 4.74 Å². The number of ether oxygens (including phenoxy) is 1. The van der Waals surface area contributed by atoms with Gasteiger partial charge in [-0.15, -0.1) is 0 Å². The van der Waals surface area contributed by atoms with E-state index in [2.05, 4.69) is 27.3 Å². The first-order valence-corrected chi connectivity index (χ1v) is 21.4. The largest absolute Gasteiger partial charge is 0.376 e. The second-order valence-corrected chi connectivity index (χ2v) is 22.0. The Balaban J connectivity index is 1.26. The fourth-order valence-corrected chi connectivity index (χ4v) is 20.8. The quantitative estimate of drug-likeness (QED) is 0.203. The molecule has 2 heteroatoms. The first-order chi connectivity index (χ1) is 18.9. The predicted molar refractivity (Wildman–Crippen MR) is 170 cm³/mol. The van der Waals surface area contributed by atoms with Crippen LogP contribution in [0.5, 0.6) is 0 Å². The summed E-state index contributed by atoms with van der Waals surface area (Å²) in [7, 11) is -1.45. The lowest BCUT2D eigenvalue weighted by Gasteiger charge is -2.51. The molecule has 6 saturated carbocycles. The van der Waals surface area contributed by atoms with E-state index in [0.29, 0.717) is 0 Å². The molecule has 0 bridgehead atoms. The zero-order valence-corrected chi connectivity index (χ0v) is 27.7. The second-order valence-electron chi connectivity index (χ2n) is 17.1. The first kappa shape index (κ1) is 29.3. The van der Waals surface area contributed by atoms with Crippen molar-refractivity contribution >= 4 is 8.07 Å². The highest BCUT2D eigenvalue weighted by Crippen LogP contribution is 2.71. The molecule has 0 aromatic rings. The SMILES string of the molecule is CC(C)(C)OCCCCCC[Si@@](C)(C1C2CCCCC2C2CCCCC21)C1[C@@H]2CCCCC2C2CCCC[C@@H]21. The maximum atomic E-state index is 6.08. The monoisotopic (exact) mass is 554 g/mol. The highest BCUT2D eigenvalue weighted by molar-refractivity contribution is 6.81. The van der Waals surface area contributed by atoms with Gasteiger partial charge in [-0.25, -0.2) is 0 Å². The third-order valence-electron chi connectivity index (χ3n) is 14.1. The molecule has 10 atom stereocenters. The van der Waals surface area contributed by atoms with Gasteiger partial charge in [0.15, 0.2) is 0 Å². The molecular weight excluding hydrogens is 488 g/mol. The van der Waals surface area contributed by atoms with Crippen LogP contribution in [0.4, 0.5) is 0 Å². The molecule has 39 heavy (non-hydrogen) atoms. The molecule has 0 amide bonds. The van der Waals surface area contributed by atoms with Gasteiger partial charge in [0.2, 0.25) is 0 Å². The van der Waals surface area contributed by atoms with Crippen LogP contribution in [0.15, 0.2) is 0 Å². The Hall–Kier alpha value is 0.177. The van der Waals surface area contributed by atoms with E-state index >= 15 is 0 Å². The van der Waals surface area contributed by atoms with Crippen molar-refractivity contribution in [3.63, 3.8) is 0 Å². The summed E-state index contributed by atoms with van der Waals surface area (Å²) < 4.78 is 6.08. The van der Waals surface area contributed by atoms with Crippen molar-refractivity contribution in [2.75, 3.05) is 6.61 Å². The Bertz CT molecular complexity index is 693. The van der Waals surface area contributed by atoms with E-state index in [1.165, 1.54) is 30.3 Å². The van der Waals surface area contributed by atoms with E-state index in [9.17, 15) is 0 Å². The van der Waals surface area contributed by atoms with Crippen molar-refractivity contribution in [3.05, 3.63) is 0 Å². The highest BCUT2D eigenvalue weighted by Gasteiger charge is 2.64. The lowest BCUT2D eigenvalue weighted by Crippen LogP contribution is -2.50. The van der Waals surface area contributed by atoms with Crippen LogP contribution in [0.3, 0.4) is 0 Å². The normalized spacial score (nSPS) is 43.7. The summed E-state index contributed by atoms with van der Waals surface area (Å²) in [5, 5.41) is 0. The number of rotatable bonds is 9. The molecule has 6 rings (SSSR count). The molecule has 0 aromatic heterocycles. The summed E-state index contributed by atoms with van der Waals surface area (Å²) >= 11 is 0. The highest BCUT2D eigenvalue weighted by atomic mass is 28.3. The van der Waals surface area contributed by atoms with Gasteiger partial charge < -0.3 is 4.74 Å². The molecule has 0 radical (unpaired) electrons. The molecule has 1 nitrogen and oxygen atoms in total. The van der Waals surface area contributed by atoms with Crippen LogP contribution in [0, 0.1) is 47.3 Å². The van der Waals surface area contributed by atoms with Gasteiger partial charge in [-0.3, -0.25) is 0 Å². The molecule has 224 valence electrons. The fraction of sp³-hybridized carbons (Fsp3) is 1.00. The lowest BCUT2D eigenvalue weighted by atomic mass is 9.73. The van der Waals surface area contributed by atoms with Gasteiger partial charge in [0.25, 0.3) is 0 Å². The minimum atomic E-state index is -1.45. The van der Waals surface area contributed by atoms with Crippen molar-refractivity contribution < 1.29 is 4.74 Å². The molecule has 0 aromatic carbocycles. The second kappa shape index (κ2) is 12.4. The van der Waals surface area contributed by atoms with Crippen molar-refractivity contribution in [3.8, 4) is 0 Å². The molecule has 0 heterocycles. The summed E-state index contributed by atoms with van der Waals surface area (Å²) in [6, 6.07) is 1.70. The molecule has 0 saturated heterocycles. The van der Waals surface area contributed by atoms with Crippen molar-refractivity contribution in [1.29, 1.82) is 0 Å². The van der Waals surface area contributed by atoms with Crippen LogP contribution in [0.25, 0.3) is 0 Å². The fourth-order valence-electron chi connectivity index (χ4n) is 13.1. The van der Waals surface area contributed by atoms with E-state index in [-0.39, 0.29) is 5.60 Å². The van der Waals surface area contributed by atoms with Crippen LogP contribution in [-0.4, -0.2) is 20.3 Å². The van der Waals surface area contributed by atoms with Gasteiger partial charge in [0, 0.05) is 6.61 Å². The third kappa shape index (κ3) is 5.88. The number of fused-ring (bicyclic) bond motifs is 6. The Kier molecular flexibility index (Phi) is 9.32. The third-order valence-corrected chi connectivity index (χ3v) is 20.3. The van der Waals surface area contributed by atoms with Gasteiger partial charge >= 0.3 is 0 Å². The molecule has 6 aliphatic rings. The Morgan fingerprint density at radius 1 is 0.487 bits per heavy atom. The molecule has 6 fully saturated rings. The van der Waals surface area contributed by atoms with Crippen molar-refractivity contribution in [2.24, 2.45) is 47.3 Å².